The number of benzene rings is 2. The number of hydrogen-bond acceptors (Lipinski definition) is 4. The van der Waals surface area contributed by atoms with E-state index in [9.17, 15) is 14.7 Å². The van der Waals surface area contributed by atoms with E-state index in [0.29, 0.717) is 21.8 Å². The largest absolute Gasteiger partial charge is 0.375 e. The van der Waals surface area contributed by atoms with Crippen LogP contribution in [0.5, 0.6) is 0 Å². The van der Waals surface area contributed by atoms with Crippen molar-refractivity contribution in [3.8, 4) is 0 Å². The highest BCUT2D eigenvalue weighted by Crippen LogP contribution is 2.43. The summed E-state index contributed by atoms with van der Waals surface area (Å²) < 4.78 is 0. The topological polar surface area (TPSA) is 70.5 Å². The molecule has 0 radical (unpaired) electrons. The van der Waals surface area contributed by atoms with Crippen LogP contribution in [-0.4, -0.2) is 21.8 Å². The molecule has 1 atom stereocenters. The molecule has 1 aliphatic rings. The number of nitrogens with zero attached hydrogens (tertiary/aromatic N) is 2. The molecule has 4 rings (SSSR count). The summed E-state index contributed by atoms with van der Waals surface area (Å²) in [6, 6.07) is 17.3. The van der Waals surface area contributed by atoms with E-state index in [1.165, 1.54) is 17.3 Å². The van der Waals surface area contributed by atoms with Crippen LogP contribution < -0.4 is 4.90 Å². The highest BCUT2D eigenvalue weighted by atomic mass is 35.5. The molecule has 2 heterocycles. The molecule has 1 amide bonds. The first-order valence-electron chi connectivity index (χ1n) is 8.80. The number of anilines is 1. The number of carbonyl (C=O) groups excluding carboxylic acids is 2. The summed E-state index contributed by atoms with van der Waals surface area (Å²) in [4.78, 5) is 31.3. The summed E-state index contributed by atoms with van der Waals surface area (Å²) in [6.45, 7) is 0.277. The Labute approximate surface area is 167 Å². The minimum absolute atomic E-state index is 0.277. The third-order valence-electron chi connectivity index (χ3n) is 4.91. The number of amides is 1. The summed E-state index contributed by atoms with van der Waals surface area (Å²) in [6.07, 6.45) is 2.69. The quantitative estimate of drug-likeness (QED) is 0.671. The van der Waals surface area contributed by atoms with E-state index >= 15 is 0 Å². The second-order valence-electron chi connectivity index (χ2n) is 6.73. The number of fused-ring (bicyclic) bond motifs is 1. The van der Waals surface area contributed by atoms with Gasteiger partial charge in [-0.15, -0.1) is 0 Å². The van der Waals surface area contributed by atoms with Crippen LogP contribution in [0.15, 0.2) is 73.1 Å². The van der Waals surface area contributed by atoms with Gasteiger partial charge in [0.15, 0.2) is 11.4 Å². The van der Waals surface area contributed by atoms with Crippen molar-refractivity contribution in [2.24, 2.45) is 0 Å². The molecule has 0 bridgehead atoms. The van der Waals surface area contributed by atoms with E-state index in [2.05, 4.69) is 4.98 Å². The number of aliphatic hydroxyl groups is 1. The monoisotopic (exact) mass is 392 g/mol. The zero-order chi connectivity index (χ0) is 19.7. The van der Waals surface area contributed by atoms with Crippen LogP contribution in [0.25, 0.3) is 0 Å². The van der Waals surface area contributed by atoms with Crippen molar-refractivity contribution < 1.29 is 14.7 Å². The van der Waals surface area contributed by atoms with Crippen molar-refractivity contribution in [3.05, 3.63) is 94.8 Å². The van der Waals surface area contributed by atoms with Gasteiger partial charge in [-0.1, -0.05) is 41.9 Å². The summed E-state index contributed by atoms with van der Waals surface area (Å²) in [5.74, 6) is -0.826. The lowest BCUT2D eigenvalue weighted by Crippen LogP contribution is -2.41. The standard InChI is InChI=1S/C22H17ClN2O3/c23-17-7-5-15(6-8-17)14-25-19-4-2-1-3-18(19)22(28,21(25)27)13-20(26)16-9-11-24-12-10-16/h1-12,28H,13-14H2/t22-/m1/s1. The van der Waals surface area contributed by atoms with E-state index in [1.807, 2.05) is 12.1 Å². The van der Waals surface area contributed by atoms with Gasteiger partial charge >= 0.3 is 0 Å². The number of halogens is 1. The average Bonchev–Trinajstić information content (AvgIpc) is 2.92. The van der Waals surface area contributed by atoms with Crippen molar-refractivity contribution in [1.82, 2.24) is 4.98 Å². The molecule has 0 unspecified atom stereocenters. The molecule has 1 aromatic heterocycles. The fraction of sp³-hybridized carbons (Fsp3) is 0.136. The molecule has 6 heteroatoms. The molecule has 0 saturated carbocycles. The minimum Gasteiger partial charge on any atom is -0.375 e. The van der Waals surface area contributed by atoms with Gasteiger partial charge < -0.3 is 10.0 Å². The highest BCUT2D eigenvalue weighted by Gasteiger charge is 2.50. The summed E-state index contributed by atoms with van der Waals surface area (Å²) in [7, 11) is 0. The second kappa shape index (κ2) is 7.19. The maximum Gasteiger partial charge on any atom is 0.264 e. The SMILES string of the molecule is O=C(C[C@]1(O)C(=O)N(Cc2ccc(Cl)cc2)c2ccccc21)c1ccncc1. The van der Waals surface area contributed by atoms with Gasteiger partial charge in [-0.3, -0.25) is 14.6 Å². The van der Waals surface area contributed by atoms with Gasteiger partial charge in [-0.05, 0) is 35.9 Å². The minimum atomic E-state index is -1.90. The third-order valence-corrected chi connectivity index (χ3v) is 5.16. The average molecular weight is 393 g/mol. The molecule has 28 heavy (non-hydrogen) atoms. The van der Waals surface area contributed by atoms with Gasteiger partial charge in [0, 0.05) is 28.5 Å². The fourth-order valence-electron chi connectivity index (χ4n) is 3.48. The Morgan fingerprint density at radius 3 is 2.43 bits per heavy atom. The third kappa shape index (κ3) is 3.19. The zero-order valence-electron chi connectivity index (χ0n) is 14.9. The molecule has 1 N–H and O–H groups in total. The number of para-hydroxylation sites is 1. The summed E-state index contributed by atoms with van der Waals surface area (Å²) in [5.41, 5.74) is 0.426. The van der Waals surface area contributed by atoms with Crippen LogP contribution >= 0.6 is 11.6 Å². The normalized spacial score (nSPS) is 18.2. The molecule has 0 aliphatic carbocycles. The van der Waals surface area contributed by atoms with Gasteiger partial charge in [0.25, 0.3) is 5.91 Å². The predicted octanol–water partition coefficient (Wildman–Crippen LogP) is 3.74. The molecule has 140 valence electrons. The van der Waals surface area contributed by atoms with Crippen molar-refractivity contribution in [2.75, 3.05) is 4.90 Å². The van der Waals surface area contributed by atoms with Crippen LogP contribution in [0.1, 0.15) is 27.9 Å². The van der Waals surface area contributed by atoms with E-state index in [4.69, 9.17) is 11.6 Å². The molecule has 5 nitrogen and oxygen atoms in total. The number of rotatable bonds is 5. The van der Waals surface area contributed by atoms with Gasteiger partial charge in [-0.25, -0.2) is 0 Å². The lowest BCUT2D eigenvalue weighted by molar-refractivity contribution is -0.136. The molecule has 0 spiro atoms. The Kier molecular flexibility index (Phi) is 4.71. The molecule has 3 aromatic rings. The number of Topliss-reactive ketones (excluding diaryl/α,β-unsaturated/α-hetero) is 1. The molecule has 2 aromatic carbocycles. The van der Waals surface area contributed by atoms with E-state index in [0.717, 1.165) is 5.56 Å². The molecular weight excluding hydrogens is 376 g/mol. The van der Waals surface area contributed by atoms with Crippen LogP contribution in [0, 0.1) is 0 Å². The van der Waals surface area contributed by atoms with Crippen LogP contribution in [-0.2, 0) is 16.9 Å². The van der Waals surface area contributed by atoms with Crippen LogP contribution in [0.2, 0.25) is 5.02 Å². The lowest BCUT2D eigenvalue weighted by Gasteiger charge is -2.23. The summed E-state index contributed by atoms with van der Waals surface area (Å²) in [5, 5.41) is 11.9. The summed E-state index contributed by atoms with van der Waals surface area (Å²) >= 11 is 5.94. The fourth-order valence-corrected chi connectivity index (χ4v) is 3.61. The molecule has 0 fully saturated rings. The Balaban J connectivity index is 1.68. The number of ketones is 1. The van der Waals surface area contributed by atoms with Gasteiger partial charge in [0.2, 0.25) is 0 Å². The predicted molar refractivity (Wildman–Crippen MR) is 106 cm³/mol. The Morgan fingerprint density at radius 1 is 1.04 bits per heavy atom. The molecule has 1 aliphatic heterocycles. The maximum absolute atomic E-state index is 13.2. The van der Waals surface area contributed by atoms with Crippen molar-refractivity contribution >= 4 is 29.0 Å². The van der Waals surface area contributed by atoms with Gasteiger partial charge in [0.1, 0.15) is 0 Å². The molecule has 0 saturated heterocycles. The number of pyridine rings is 1. The van der Waals surface area contributed by atoms with Gasteiger partial charge in [-0.2, -0.15) is 0 Å². The second-order valence-corrected chi connectivity index (χ2v) is 7.17. The van der Waals surface area contributed by atoms with E-state index in [1.54, 1.807) is 48.5 Å². The number of aromatic nitrogens is 1. The van der Waals surface area contributed by atoms with Crippen LogP contribution in [0.3, 0.4) is 0 Å². The first-order chi connectivity index (χ1) is 13.5. The van der Waals surface area contributed by atoms with Gasteiger partial charge in [0.05, 0.1) is 18.7 Å². The van der Waals surface area contributed by atoms with Crippen molar-refractivity contribution in [3.63, 3.8) is 0 Å². The first kappa shape index (κ1) is 18.3. The smallest absolute Gasteiger partial charge is 0.264 e. The zero-order valence-corrected chi connectivity index (χ0v) is 15.6. The maximum atomic E-state index is 13.2. The molecular formula is C22H17ClN2O3. The van der Waals surface area contributed by atoms with E-state index < -0.39 is 11.5 Å². The van der Waals surface area contributed by atoms with E-state index in [-0.39, 0.29) is 18.7 Å². The Morgan fingerprint density at radius 2 is 1.71 bits per heavy atom. The van der Waals surface area contributed by atoms with Crippen molar-refractivity contribution in [1.29, 1.82) is 0 Å². The lowest BCUT2D eigenvalue weighted by atomic mass is 9.88. The first-order valence-corrected chi connectivity index (χ1v) is 9.18. The highest BCUT2D eigenvalue weighted by molar-refractivity contribution is 6.30. The Bertz CT molecular complexity index is 1040. The van der Waals surface area contributed by atoms with Crippen LogP contribution in [0.4, 0.5) is 5.69 Å². The number of carbonyl (C=O) groups is 2. The Hall–Kier alpha value is -3.02. The van der Waals surface area contributed by atoms with Crippen molar-refractivity contribution in [2.45, 2.75) is 18.6 Å². The number of hydrogen-bond donors (Lipinski definition) is 1.